The first-order valence-corrected chi connectivity index (χ1v) is 11.1. The lowest BCUT2D eigenvalue weighted by atomic mass is 10.0. The van der Waals surface area contributed by atoms with Crippen LogP contribution in [-0.2, 0) is 16.6 Å². The van der Waals surface area contributed by atoms with Gasteiger partial charge in [-0.2, -0.15) is 9.29 Å². The minimum absolute atomic E-state index is 0.348. The molecule has 0 amide bonds. The summed E-state index contributed by atoms with van der Waals surface area (Å²) in [4.78, 5) is 4.85. The molecule has 7 heteroatoms. The van der Waals surface area contributed by atoms with Crippen molar-refractivity contribution in [2.24, 2.45) is 0 Å². The van der Waals surface area contributed by atoms with Gasteiger partial charge >= 0.3 is 0 Å². The predicted molar refractivity (Wildman–Crippen MR) is 110 cm³/mol. The molecule has 1 fully saturated rings. The molecule has 1 aliphatic rings. The van der Waals surface area contributed by atoms with Gasteiger partial charge in [-0.25, -0.2) is 8.42 Å². The quantitative estimate of drug-likeness (QED) is 0.667. The highest BCUT2D eigenvalue weighted by Crippen LogP contribution is 2.25. The molecule has 3 aromatic rings. The van der Waals surface area contributed by atoms with Crippen LogP contribution >= 0.6 is 0 Å². The molecule has 0 saturated carbocycles. The van der Waals surface area contributed by atoms with Gasteiger partial charge in [0.15, 0.2) is 5.58 Å². The van der Waals surface area contributed by atoms with Crippen LogP contribution in [0.2, 0.25) is 0 Å². The molecule has 0 bridgehead atoms. The Morgan fingerprint density at radius 3 is 2.50 bits per heavy atom. The van der Waals surface area contributed by atoms with E-state index in [4.69, 9.17) is 4.42 Å². The Morgan fingerprint density at radius 2 is 1.82 bits per heavy atom. The van der Waals surface area contributed by atoms with Crippen molar-refractivity contribution in [3.8, 4) is 0 Å². The van der Waals surface area contributed by atoms with Crippen molar-refractivity contribution in [2.75, 3.05) is 18.4 Å². The topological polar surface area (TPSA) is 75.4 Å². The number of nitrogens with one attached hydrogen (secondary N) is 1. The van der Waals surface area contributed by atoms with Crippen molar-refractivity contribution in [3.05, 3.63) is 53.6 Å². The van der Waals surface area contributed by atoms with Gasteiger partial charge in [-0.15, -0.1) is 0 Å². The highest BCUT2D eigenvalue weighted by Gasteiger charge is 2.26. The summed E-state index contributed by atoms with van der Waals surface area (Å²) < 4.78 is 32.5. The molecule has 2 aromatic carbocycles. The molecular formula is C21H25N3O3S. The molecule has 1 aliphatic heterocycles. The zero-order chi connectivity index (χ0) is 19.7. The number of rotatable bonds is 6. The molecule has 1 N–H and O–H groups in total. The van der Waals surface area contributed by atoms with Gasteiger partial charge in [0.25, 0.3) is 6.01 Å². The number of oxazole rings is 1. The molecule has 0 spiro atoms. The maximum atomic E-state index is 12.6. The molecule has 148 valence electrons. The van der Waals surface area contributed by atoms with Crippen molar-refractivity contribution in [1.82, 2.24) is 9.29 Å². The van der Waals surface area contributed by atoms with Crippen LogP contribution < -0.4 is 5.32 Å². The Hall–Kier alpha value is -2.38. The Balaban J connectivity index is 1.44. The molecule has 1 aromatic heterocycles. The summed E-state index contributed by atoms with van der Waals surface area (Å²) in [5.41, 5.74) is 3.77. The SMILES string of the molecule is CC(C)c1ccc2oc(NCc3ccc(S(=O)(=O)N4CCCC4)cc3)nc2c1. The van der Waals surface area contributed by atoms with Gasteiger partial charge in [0, 0.05) is 19.6 Å². The van der Waals surface area contributed by atoms with Crippen molar-refractivity contribution >= 4 is 27.1 Å². The van der Waals surface area contributed by atoms with Gasteiger partial charge in [0.2, 0.25) is 10.0 Å². The van der Waals surface area contributed by atoms with Crippen molar-refractivity contribution in [3.63, 3.8) is 0 Å². The highest BCUT2D eigenvalue weighted by molar-refractivity contribution is 7.89. The van der Waals surface area contributed by atoms with Gasteiger partial charge in [0.05, 0.1) is 4.90 Å². The lowest BCUT2D eigenvalue weighted by Crippen LogP contribution is -2.27. The molecular weight excluding hydrogens is 374 g/mol. The molecule has 6 nitrogen and oxygen atoms in total. The number of anilines is 1. The van der Waals surface area contributed by atoms with Crippen LogP contribution in [0, 0.1) is 0 Å². The fraction of sp³-hybridized carbons (Fsp3) is 0.381. The summed E-state index contributed by atoms with van der Waals surface area (Å²) in [5, 5.41) is 3.17. The Morgan fingerprint density at radius 1 is 1.11 bits per heavy atom. The second-order valence-electron chi connectivity index (χ2n) is 7.51. The van der Waals surface area contributed by atoms with E-state index in [1.165, 1.54) is 5.56 Å². The summed E-state index contributed by atoms with van der Waals surface area (Å²) in [6, 6.07) is 13.5. The third-order valence-electron chi connectivity index (χ3n) is 5.15. The largest absolute Gasteiger partial charge is 0.424 e. The van der Waals surface area contributed by atoms with Crippen molar-refractivity contribution in [1.29, 1.82) is 0 Å². The molecule has 0 atom stereocenters. The first kappa shape index (κ1) is 19.0. The van der Waals surface area contributed by atoms with E-state index >= 15 is 0 Å². The monoisotopic (exact) mass is 399 g/mol. The summed E-state index contributed by atoms with van der Waals surface area (Å²) >= 11 is 0. The summed E-state index contributed by atoms with van der Waals surface area (Å²) in [7, 11) is -3.37. The number of hydrogen-bond donors (Lipinski definition) is 1. The first-order chi connectivity index (χ1) is 13.4. The standard InChI is InChI=1S/C21H25N3O3S/c1-15(2)17-7-10-20-19(13-17)23-21(27-20)22-14-16-5-8-18(9-6-16)28(25,26)24-11-3-4-12-24/h5-10,13,15H,3-4,11-12,14H2,1-2H3,(H,22,23). The summed E-state index contributed by atoms with van der Waals surface area (Å²) in [6.07, 6.45) is 1.87. The lowest BCUT2D eigenvalue weighted by Gasteiger charge is -2.15. The van der Waals surface area contributed by atoms with E-state index in [-0.39, 0.29) is 0 Å². The van der Waals surface area contributed by atoms with E-state index in [1.54, 1.807) is 16.4 Å². The Bertz CT molecular complexity index is 1070. The number of benzene rings is 2. The third-order valence-corrected chi connectivity index (χ3v) is 7.06. The van der Waals surface area contributed by atoms with Gasteiger partial charge in [-0.3, -0.25) is 0 Å². The zero-order valence-electron chi connectivity index (χ0n) is 16.2. The average Bonchev–Trinajstić information content (AvgIpc) is 3.36. The van der Waals surface area contributed by atoms with E-state index in [2.05, 4.69) is 30.2 Å². The second kappa shape index (κ2) is 7.56. The lowest BCUT2D eigenvalue weighted by molar-refractivity contribution is 0.477. The van der Waals surface area contributed by atoms with Crippen molar-refractivity contribution < 1.29 is 12.8 Å². The van der Waals surface area contributed by atoms with Crippen LogP contribution in [0.1, 0.15) is 43.7 Å². The molecule has 28 heavy (non-hydrogen) atoms. The molecule has 0 unspecified atom stereocenters. The van der Waals surface area contributed by atoms with Crippen LogP contribution in [0.4, 0.5) is 6.01 Å². The van der Waals surface area contributed by atoms with E-state index in [1.807, 2.05) is 24.3 Å². The van der Waals surface area contributed by atoms with Gasteiger partial charge in [-0.05, 0) is 54.2 Å². The van der Waals surface area contributed by atoms with Gasteiger partial charge in [0.1, 0.15) is 5.52 Å². The van der Waals surface area contributed by atoms with Crippen LogP contribution in [0.15, 0.2) is 51.8 Å². The molecule has 0 radical (unpaired) electrons. The molecule has 4 rings (SSSR count). The number of hydrogen-bond acceptors (Lipinski definition) is 5. The second-order valence-corrected chi connectivity index (χ2v) is 9.45. The smallest absolute Gasteiger partial charge is 0.295 e. The van der Waals surface area contributed by atoms with Gasteiger partial charge in [-0.1, -0.05) is 32.0 Å². The fourth-order valence-electron chi connectivity index (χ4n) is 3.41. The number of aromatic nitrogens is 1. The number of nitrogens with zero attached hydrogens (tertiary/aromatic N) is 2. The van der Waals surface area contributed by atoms with Crippen LogP contribution in [0.3, 0.4) is 0 Å². The summed E-state index contributed by atoms with van der Waals surface area (Å²) in [6.45, 7) is 6.03. The molecule has 2 heterocycles. The average molecular weight is 400 g/mol. The first-order valence-electron chi connectivity index (χ1n) is 9.67. The predicted octanol–water partition coefficient (Wildman–Crippen LogP) is 4.35. The van der Waals surface area contributed by atoms with Crippen molar-refractivity contribution in [2.45, 2.75) is 44.0 Å². The van der Waals surface area contributed by atoms with Gasteiger partial charge < -0.3 is 9.73 Å². The maximum Gasteiger partial charge on any atom is 0.295 e. The minimum atomic E-state index is -3.37. The van der Waals surface area contributed by atoms with E-state index in [0.717, 1.165) is 29.5 Å². The number of fused-ring (bicyclic) bond motifs is 1. The fourth-order valence-corrected chi connectivity index (χ4v) is 4.93. The van der Waals surface area contributed by atoms with Crippen LogP contribution in [-0.4, -0.2) is 30.8 Å². The minimum Gasteiger partial charge on any atom is -0.424 e. The van der Waals surface area contributed by atoms with E-state index < -0.39 is 10.0 Å². The normalized spacial score (nSPS) is 15.5. The van der Waals surface area contributed by atoms with E-state index in [9.17, 15) is 8.42 Å². The Kier molecular flexibility index (Phi) is 5.12. The van der Waals surface area contributed by atoms with Crippen LogP contribution in [0.25, 0.3) is 11.1 Å². The van der Waals surface area contributed by atoms with E-state index in [0.29, 0.717) is 36.5 Å². The third kappa shape index (κ3) is 3.77. The molecule has 0 aliphatic carbocycles. The molecule has 1 saturated heterocycles. The zero-order valence-corrected chi connectivity index (χ0v) is 17.0. The van der Waals surface area contributed by atoms with Crippen LogP contribution in [0.5, 0.6) is 0 Å². The number of sulfonamides is 1. The maximum absolute atomic E-state index is 12.6. The Labute approximate surface area is 165 Å². The highest BCUT2D eigenvalue weighted by atomic mass is 32.2. The summed E-state index contributed by atoms with van der Waals surface area (Å²) in [5.74, 6) is 0.438.